The molecule has 4 rings (SSSR count). The molecule has 32 heavy (non-hydrogen) atoms. The Labute approximate surface area is 188 Å². The Hall–Kier alpha value is -3.60. The number of benzene rings is 3. The summed E-state index contributed by atoms with van der Waals surface area (Å²) in [5.74, 6) is 0.444. The second-order valence-electron chi connectivity index (χ2n) is 8.00. The largest absolute Gasteiger partial charge is 0.497 e. The van der Waals surface area contributed by atoms with Gasteiger partial charge in [0, 0.05) is 19.2 Å². The minimum absolute atomic E-state index is 0.0199. The summed E-state index contributed by atoms with van der Waals surface area (Å²) >= 11 is 0. The number of carbonyl (C=O) groups is 2. The van der Waals surface area contributed by atoms with Gasteiger partial charge in [0.05, 0.1) is 13.0 Å². The molecule has 0 spiro atoms. The van der Waals surface area contributed by atoms with Gasteiger partial charge in [-0.05, 0) is 59.0 Å². The fourth-order valence-corrected chi connectivity index (χ4v) is 3.94. The van der Waals surface area contributed by atoms with Gasteiger partial charge >= 0.3 is 5.97 Å². The van der Waals surface area contributed by atoms with E-state index in [4.69, 9.17) is 9.47 Å². The van der Waals surface area contributed by atoms with E-state index < -0.39 is 0 Å². The summed E-state index contributed by atoms with van der Waals surface area (Å²) in [5.41, 5.74) is 1.95. The first kappa shape index (κ1) is 21.6. The molecule has 1 heterocycles. The van der Waals surface area contributed by atoms with E-state index in [2.05, 4.69) is 0 Å². The minimum atomic E-state index is -0.188. The third kappa shape index (κ3) is 5.35. The minimum Gasteiger partial charge on any atom is -0.497 e. The smallest absolute Gasteiger partial charge is 0.309 e. The van der Waals surface area contributed by atoms with E-state index in [1.165, 1.54) is 0 Å². The lowest BCUT2D eigenvalue weighted by atomic mass is 9.97. The number of rotatable bonds is 6. The molecule has 0 unspecified atom stereocenters. The van der Waals surface area contributed by atoms with Crippen molar-refractivity contribution < 1.29 is 19.1 Å². The molecule has 0 aromatic heterocycles. The number of fused-ring (bicyclic) bond motifs is 1. The normalized spacial score (nSPS) is 14.6. The molecular formula is C27H27NO4. The van der Waals surface area contributed by atoms with Crippen LogP contribution >= 0.6 is 0 Å². The molecule has 0 radical (unpaired) electrons. The Morgan fingerprint density at radius 2 is 1.69 bits per heavy atom. The fraction of sp³-hybridized carbons (Fsp3) is 0.259. The Kier molecular flexibility index (Phi) is 6.85. The Morgan fingerprint density at radius 1 is 0.969 bits per heavy atom. The fourth-order valence-electron chi connectivity index (χ4n) is 3.94. The average molecular weight is 430 g/mol. The molecule has 0 saturated carbocycles. The molecule has 5 heteroatoms. The van der Waals surface area contributed by atoms with Gasteiger partial charge in [-0.25, -0.2) is 0 Å². The quantitative estimate of drug-likeness (QED) is 0.415. The van der Waals surface area contributed by atoms with Crippen molar-refractivity contribution in [1.29, 1.82) is 0 Å². The molecular weight excluding hydrogens is 402 g/mol. The van der Waals surface area contributed by atoms with Gasteiger partial charge in [-0.15, -0.1) is 0 Å². The van der Waals surface area contributed by atoms with E-state index >= 15 is 0 Å². The van der Waals surface area contributed by atoms with Crippen LogP contribution in [0.4, 0.5) is 0 Å². The summed E-state index contributed by atoms with van der Waals surface area (Å²) in [6.45, 7) is 1.38. The Balaban J connectivity index is 1.26. The van der Waals surface area contributed by atoms with Gasteiger partial charge in [0.2, 0.25) is 5.91 Å². The first-order chi connectivity index (χ1) is 15.6. The third-order valence-corrected chi connectivity index (χ3v) is 5.85. The molecule has 0 atom stereocenters. The van der Waals surface area contributed by atoms with Gasteiger partial charge in [0.15, 0.2) is 0 Å². The summed E-state index contributed by atoms with van der Waals surface area (Å²) in [4.78, 5) is 26.8. The average Bonchev–Trinajstić information content (AvgIpc) is 2.86. The van der Waals surface area contributed by atoms with Crippen molar-refractivity contribution in [2.45, 2.75) is 19.4 Å². The number of amides is 1. The molecule has 1 saturated heterocycles. The van der Waals surface area contributed by atoms with Crippen LogP contribution in [0.1, 0.15) is 24.0 Å². The van der Waals surface area contributed by atoms with E-state index in [1.807, 2.05) is 72.8 Å². The summed E-state index contributed by atoms with van der Waals surface area (Å²) in [6, 6.07) is 21.6. The number of ether oxygens (including phenoxy) is 2. The second kappa shape index (κ2) is 10.1. The molecule has 0 N–H and O–H groups in total. The van der Waals surface area contributed by atoms with Crippen molar-refractivity contribution in [2.24, 2.45) is 5.92 Å². The van der Waals surface area contributed by atoms with Gasteiger partial charge in [-0.1, -0.05) is 48.5 Å². The summed E-state index contributed by atoms with van der Waals surface area (Å²) in [6.07, 6.45) is 4.67. The van der Waals surface area contributed by atoms with Crippen LogP contribution in [0.15, 0.2) is 72.8 Å². The Bertz CT molecular complexity index is 1110. The van der Waals surface area contributed by atoms with Gasteiger partial charge in [0.1, 0.15) is 12.4 Å². The maximum Gasteiger partial charge on any atom is 0.309 e. The molecule has 1 aliphatic rings. The predicted octanol–water partition coefficient (Wildman–Crippen LogP) is 4.84. The van der Waals surface area contributed by atoms with Crippen LogP contribution in [0.25, 0.3) is 16.8 Å². The number of carbonyl (C=O) groups excluding carboxylic acids is 2. The highest BCUT2D eigenvalue weighted by Gasteiger charge is 2.27. The van der Waals surface area contributed by atoms with Crippen LogP contribution in [0, 0.1) is 5.92 Å². The standard InChI is InChI=1S/C27H27NO4/c1-31-25-11-10-23-17-21(7-9-24(23)18-25)19-32-27(30)22-13-15-28(16-14-22)26(29)12-8-20-5-3-2-4-6-20/h2-12,17-18,22H,13-16,19H2,1H3/b12-8+. The number of methoxy groups -OCH3 is 1. The highest BCUT2D eigenvalue weighted by Crippen LogP contribution is 2.23. The van der Waals surface area contributed by atoms with Crippen LogP contribution in [0.3, 0.4) is 0 Å². The summed E-state index contributed by atoms with van der Waals surface area (Å²) in [7, 11) is 1.65. The van der Waals surface area contributed by atoms with Crippen LogP contribution in [0.2, 0.25) is 0 Å². The van der Waals surface area contributed by atoms with E-state index in [0.717, 1.165) is 27.6 Å². The van der Waals surface area contributed by atoms with Crippen molar-refractivity contribution in [3.05, 3.63) is 83.9 Å². The molecule has 3 aromatic carbocycles. The predicted molar refractivity (Wildman–Crippen MR) is 125 cm³/mol. The molecule has 1 fully saturated rings. The summed E-state index contributed by atoms with van der Waals surface area (Å²) in [5, 5.41) is 2.16. The summed E-state index contributed by atoms with van der Waals surface area (Å²) < 4.78 is 10.8. The van der Waals surface area contributed by atoms with Gasteiger partial charge in [-0.2, -0.15) is 0 Å². The zero-order valence-electron chi connectivity index (χ0n) is 18.2. The number of esters is 1. The van der Waals surface area contributed by atoms with Crippen molar-refractivity contribution in [3.63, 3.8) is 0 Å². The van der Waals surface area contributed by atoms with Crippen LogP contribution in [-0.2, 0) is 20.9 Å². The van der Waals surface area contributed by atoms with E-state index in [0.29, 0.717) is 25.9 Å². The monoisotopic (exact) mass is 429 g/mol. The van der Waals surface area contributed by atoms with Crippen molar-refractivity contribution >= 4 is 28.7 Å². The van der Waals surface area contributed by atoms with Gasteiger partial charge in [-0.3, -0.25) is 9.59 Å². The molecule has 164 valence electrons. The number of hydrogen-bond acceptors (Lipinski definition) is 4. The second-order valence-corrected chi connectivity index (χ2v) is 8.00. The van der Waals surface area contributed by atoms with Gasteiger partial charge < -0.3 is 14.4 Å². The zero-order chi connectivity index (χ0) is 22.3. The molecule has 0 bridgehead atoms. The van der Waals surface area contributed by atoms with E-state index in [-0.39, 0.29) is 24.4 Å². The molecule has 3 aromatic rings. The van der Waals surface area contributed by atoms with Crippen LogP contribution in [-0.4, -0.2) is 37.0 Å². The highest BCUT2D eigenvalue weighted by molar-refractivity contribution is 5.92. The third-order valence-electron chi connectivity index (χ3n) is 5.85. The lowest BCUT2D eigenvalue weighted by molar-refractivity contribution is -0.152. The van der Waals surface area contributed by atoms with Crippen molar-refractivity contribution in [2.75, 3.05) is 20.2 Å². The number of likely N-dealkylation sites (tertiary alicyclic amines) is 1. The number of nitrogens with zero attached hydrogens (tertiary/aromatic N) is 1. The van der Waals surface area contributed by atoms with Crippen molar-refractivity contribution in [1.82, 2.24) is 4.90 Å². The molecule has 0 aliphatic carbocycles. The highest BCUT2D eigenvalue weighted by atomic mass is 16.5. The molecule has 1 aliphatic heterocycles. The lowest BCUT2D eigenvalue weighted by Crippen LogP contribution is -2.39. The zero-order valence-corrected chi connectivity index (χ0v) is 18.2. The van der Waals surface area contributed by atoms with Crippen LogP contribution in [0.5, 0.6) is 5.75 Å². The number of piperidine rings is 1. The van der Waals surface area contributed by atoms with E-state index in [9.17, 15) is 9.59 Å². The number of hydrogen-bond donors (Lipinski definition) is 0. The molecule has 5 nitrogen and oxygen atoms in total. The van der Waals surface area contributed by atoms with Crippen LogP contribution < -0.4 is 4.74 Å². The maximum absolute atomic E-state index is 12.5. The molecule has 1 amide bonds. The SMILES string of the molecule is COc1ccc2cc(COC(=O)C3CCN(C(=O)/C=C/c4ccccc4)CC3)ccc2c1. The lowest BCUT2D eigenvalue weighted by Gasteiger charge is -2.30. The van der Waals surface area contributed by atoms with Crippen molar-refractivity contribution in [3.8, 4) is 5.75 Å². The topological polar surface area (TPSA) is 55.8 Å². The first-order valence-electron chi connectivity index (χ1n) is 10.9. The maximum atomic E-state index is 12.5. The van der Waals surface area contributed by atoms with Gasteiger partial charge in [0.25, 0.3) is 0 Å². The van der Waals surface area contributed by atoms with E-state index in [1.54, 1.807) is 18.1 Å². The first-order valence-corrected chi connectivity index (χ1v) is 10.9. The Morgan fingerprint density at radius 3 is 2.44 bits per heavy atom.